The van der Waals surface area contributed by atoms with E-state index in [4.69, 9.17) is 8.83 Å². The number of hydrogen-bond donors (Lipinski definition) is 0. The van der Waals surface area contributed by atoms with Crippen molar-refractivity contribution in [1.29, 1.82) is 10.5 Å². The van der Waals surface area contributed by atoms with Crippen molar-refractivity contribution in [3.05, 3.63) is 23.2 Å². The summed E-state index contributed by atoms with van der Waals surface area (Å²) in [5, 5.41) is 19.2. The topological polar surface area (TPSA) is 106 Å². The summed E-state index contributed by atoms with van der Waals surface area (Å²) >= 11 is 0. The number of aromatic nitrogens is 2. The van der Waals surface area contributed by atoms with Gasteiger partial charge in [-0.15, -0.1) is 0 Å². The van der Waals surface area contributed by atoms with Crippen molar-refractivity contribution in [2.24, 2.45) is 0 Å². The van der Waals surface area contributed by atoms with Crippen LogP contribution < -0.4 is 9.80 Å². The molecule has 8 heteroatoms. The van der Waals surface area contributed by atoms with E-state index < -0.39 is 0 Å². The van der Waals surface area contributed by atoms with E-state index in [-0.39, 0.29) is 0 Å². The summed E-state index contributed by atoms with van der Waals surface area (Å²) in [6.45, 7) is 2.72. The molecule has 0 N–H and O–H groups in total. The van der Waals surface area contributed by atoms with Crippen LogP contribution in [0.3, 0.4) is 0 Å². The number of oxazole rings is 2. The molecule has 2 saturated carbocycles. The van der Waals surface area contributed by atoms with Gasteiger partial charge in [0.25, 0.3) is 0 Å². The lowest BCUT2D eigenvalue weighted by Gasteiger charge is -2.34. The Hall–Kier alpha value is -3.00. The first kappa shape index (κ1) is 20.9. The minimum atomic E-state index is 0.330. The molecule has 3 heterocycles. The summed E-state index contributed by atoms with van der Waals surface area (Å²) in [4.78, 5) is 13.3. The Morgan fingerprint density at radius 3 is 1.34 bits per heavy atom. The Bertz CT molecular complexity index is 926. The molecule has 2 aromatic rings. The van der Waals surface area contributed by atoms with Gasteiger partial charge in [-0.05, 0) is 25.7 Å². The molecule has 5 rings (SSSR count). The molecule has 3 aliphatic rings. The minimum Gasteiger partial charge on any atom is -0.423 e. The zero-order valence-electron chi connectivity index (χ0n) is 18.6. The van der Waals surface area contributed by atoms with E-state index in [9.17, 15) is 10.5 Å². The highest BCUT2D eigenvalue weighted by molar-refractivity contribution is 5.53. The molecule has 0 spiro atoms. The molecule has 0 bridgehead atoms. The van der Waals surface area contributed by atoms with Gasteiger partial charge in [-0.25, -0.2) is 9.97 Å². The second-order valence-electron chi connectivity index (χ2n) is 9.28. The molecule has 1 aliphatic heterocycles. The predicted molar refractivity (Wildman–Crippen MR) is 119 cm³/mol. The van der Waals surface area contributed by atoms with Crippen molar-refractivity contribution in [3.8, 4) is 12.1 Å². The van der Waals surface area contributed by atoms with E-state index >= 15 is 0 Å². The van der Waals surface area contributed by atoms with E-state index in [1.807, 2.05) is 0 Å². The van der Waals surface area contributed by atoms with Crippen molar-refractivity contribution in [3.63, 3.8) is 0 Å². The third-order valence-corrected chi connectivity index (χ3v) is 7.23. The van der Waals surface area contributed by atoms with Gasteiger partial charge < -0.3 is 18.6 Å². The molecule has 3 fully saturated rings. The van der Waals surface area contributed by atoms with Crippen LogP contribution in [0, 0.1) is 22.7 Å². The summed E-state index contributed by atoms with van der Waals surface area (Å²) in [5.74, 6) is 3.28. The average Bonchev–Trinajstić information content (AvgIpc) is 3.50. The first-order chi connectivity index (χ1) is 15.8. The molecule has 2 aromatic heterocycles. The van der Waals surface area contributed by atoms with Crippen molar-refractivity contribution < 1.29 is 8.83 Å². The standard InChI is InChI=1S/C24H30N6O2/c25-15-19-23(31-21(27-19)17-7-3-1-4-8-17)29-11-13-30(14-12-29)24-20(16-26)28-22(32-24)18-9-5-2-6-10-18/h17-18H,1-14H2. The largest absolute Gasteiger partial charge is 0.423 e. The van der Waals surface area contributed by atoms with Crippen LogP contribution in [0.2, 0.25) is 0 Å². The van der Waals surface area contributed by atoms with E-state index in [0.717, 1.165) is 37.5 Å². The molecule has 0 unspecified atom stereocenters. The molecule has 168 valence electrons. The Morgan fingerprint density at radius 1 is 0.625 bits per heavy atom. The number of rotatable bonds is 4. The molecule has 0 atom stereocenters. The van der Waals surface area contributed by atoms with Gasteiger partial charge in [0.15, 0.2) is 0 Å². The van der Waals surface area contributed by atoms with Crippen LogP contribution in [0.4, 0.5) is 11.8 Å². The van der Waals surface area contributed by atoms with Gasteiger partial charge in [-0.2, -0.15) is 10.5 Å². The number of piperazine rings is 1. The molecule has 32 heavy (non-hydrogen) atoms. The van der Waals surface area contributed by atoms with E-state index in [1.54, 1.807) is 0 Å². The maximum absolute atomic E-state index is 9.62. The number of anilines is 2. The number of hydrogen-bond acceptors (Lipinski definition) is 8. The Labute approximate surface area is 188 Å². The fourth-order valence-corrected chi connectivity index (χ4v) is 5.39. The lowest BCUT2D eigenvalue weighted by molar-refractivity contribution is 0.358. The zero-order chi connectivity index (χ0) is 21.9. The quantitative estimate of drug-likeness (QED) is 0.674. The molecular weight excluding hydrogens is 404 g/mol. The first-order valence-corrected chi connectivity index (χ1v) is 12.1. The average molecular weight is 435 g/mol. The van der Waals surface area contributed by atoms with Crippen molar-refractivity contribution in [2.45, 2.75) is 76.0 Å². The monoisotopic (exact) mass is 434 g/mol. The van der Waals surface area contributed by atoms with Crippen LogP contribution in [0.5, 0.6) is 0 Å². The normalized spacial score (nSPS) is 20.8. The van der Waals surface area contributed by atoms with Gasteiger partial charge in [-0.3, -0.25) is 0 Å². The van der Waals surface area contributed by atoms with Crippen LogP contribution in [-0.4, -0.2) is 36.1 Å². The SMILES string of the molecule is N#Cc1nc(C2CCCCC2)oc1N1CCN(c2oc(C3CCCCC3)nc2C#N)CC1. The highest BCUT2D eigenvalue weighted by atomic mass is 16.4. The third kappa shape index (κ3) is 4.07. The highest BCUT2D eigenvalue weighted by Crippen LogP contribution is 2.37. The first-order valence-electron chi connectivity index (χ1n) is 12.1. The lowest BCUT2D eigenvalue weighted by Crippen LogP contribution is -2.46. The molecule has 0 aromatic carbocycles. The highest BCUT2D eigenvalue weighted by Gasteiger charge is 2.31. The van der Waals surface area contributed by atoms with Gasteiger partial charge in [0.05, 0.1) is 0 Å². The van der Waals surface area contributed by atoms with Crippen LogP contribution in [0.25, 0.3) is 0 Å². The third-order valence-electron chi connectivity index (χ3n) is 7.23. The summed E-state index contributed by atoms with van der Waals surface area (Å²) in [6.07, 6.45) is 11.7. The van der Waals surface area contributed by atoms with E-state index in [1.165, 1.54) is 38.5 Å². The number of nitrogens with zero attached hydrogens (tertiary/aromatic N) is 6. The molecule has 8 nitrogen and oxygen atoms in total. The van der Waals surface area contributed by atoms with Gasteiger partial charge >= 0.3 is 0 Å². The van der Waals surface area contributed by atoms with E-state index in [0.29, 0.717) is 61.2 Å². The van der Waals surface area contributed by atoms with Crippen molar-refractivity contribution in [1.82, 2.24) is 9.97 Å². The second kappa shape index (κ2) is 9.24. The van der Waals surface area contributed by atoms with Crippen LogP contribution in [0.1, 0.15) is 99.2 Å². The predicted octanol–water partition coefficient (Wildman–Crippen LogP) is 4.83. The van der Waals surface area contributed by atoms with Crippen LogP contribution >= 0.6 is 0 Å². The molecule has 2 aliphatic carbocycles. The van der Waals surface area contributed by atoms with Gasteiger partial charge in [0.1, 0.15) is 12.1 Å². The molecule has 0 amide bonds. The summed E-state index contributed by atoms with van der Waals surface area (Å²) in [6, 6.07) is 4.44. The Balaban J connectivity index is 1.28. The van der Waals surface area contributed by atoms with Crippen LogP contribution in [0.15, 0.2) is 8.83 Å². The fraction of sp³-hybridized carbons (Fsp3) is 0.667. The maximum atomic E-state index is 9.62. The van der Waals surface area contributed by atoms with Crippen LogP contribution in [-0.2, 0) is 0 Å². The van der Waals surface area contributed by atoms with Gasteiger partial charge in [-0.1, -0.05) is 38.5 Å². The van der Waals surface area contributed by atoms with E-state index in [2.05, 4.69) is 31.9 Å². The Kier molecular flexibility index (Phi) is 6.03. The Morgan fingerprint density at radius 2 is 1.00 bits per heavy atom. The van der Waals surface area contributed by atoms with Crippen molar-refractivity contribution >= 4 is 11.8 Å². The summed E-state index contributed by atoms with van der Waals surface area (Å²) in [5.41, 5.74) is 0.770. The second-order valence-corrected chi connectivity index (χ2v) is 9.28. The molecule has 1 saturated heterocycles. The van der Waals surface area contributed by atoms with Gasteiger partial charge in [0.2, 0.25) is 34.9 Å². The lowest BCUT2D eigenvalue weighted by atomic mass is 9.89. The minimum absolute atomic E-state index is 0.330. The zero-order valence-corrected chi connectivity index (χ0v) is 18.6. The molecule has 0 radical (unpaired) electrons. The van der Waals surface area contributed by atoms with Crippen molar-refractivity contribution in [2.75, 3.05) is 36.0 Å². The maximum Gasteiger partial charge on any atom is 0.234 e. The smallest absolute Gasteiger partial charge is 0.234 e. The number of nitriles is 2. The fourth-order valence-electron chi connectivity index (χ4n) is 5.39. The molecular formula is C24H30N6O2. The summed E-state index contributed by atoms with van der Waals surface area (Å²) < 4.78 is 12.3. The summed E-state index contributed by atoms with van der Waals surface area (Å²) in [7, 11) is 0. The van der Waals surface area contributed by atoms with Gasteiger partial charge in [0, 0.05) is 38.0 Å².